The van der Waals surface area contributed by atoms with Gasteiger partial charge in [0, 0.05) is 32.3 Å². The molecule has 0 aliphatic heterocycles. The van der Waals surface area contributed by atoms with Gasteiger partial charge in [-0.3, -0.25) is 11.2 Å². The zero-order valence-electron chi connectivity index (χ0n) is 6.07. The molecule has 0 bridgehead atoms. The molecule has 0 fully saturated rings. The minimum absolute atomic E-state index is 0. The van der Waals surface area contributed by atoms with E-state index in [4.69, 9.17) is 10.2 Å². The van der Waals surface area contributed by atoms with E-state index in [9.17, 15) is 9.59 Å². The summed E-state index contributed by atoms with van der Waals surface area (Å²) in [5.74, 6) is -1.85. The number of hydrogen-bond acceptors (Lipinski definition) is 2. The second-order valence-corrected chi connectivity index (χ2v) is 1.17. The zero-order valence-corrected chi connectivity index (χ0v) is 8.53. The number of rotatable bonds is 2. The normalized spacial score (nSPS) is 5.91. The molecule has 62 valence electrons. The maximum absolute atomic E-state index is 9.31. The molecule has 4 nitrogen and oxygen atoms in total. The summed E-state index contributed by atoms with van der Waals surface area (Å²) >= 11 is 0. The van der Waals surface area contributed by atoms with Crippen molar-refractivity contribution >= 4 is 11.9 Å². The number of aliphatic carboxylic acids is 2. The van der Waals surface area contributed by atoms with Gasteiger partial charge in [-0.1, -0.05) is 6.58 Å². The van der Waals surface area contributed by atoms with E-state index in [1.807, 2.05) is 0 Å². The summed E-state index contributed by atoms with van der Waals surface area (Å²) in [5, 5.41) is 15.3. The fraction of sp³-hybridized carbons (Fsp3) is 0.167. The van der Waals surface area contributed by atoms with Crippen LogP contribution in [0.2, 0.25) is 0 Å². The van der Waals surface area contributed by atoms with E-state index in [1.165, 1.54) is 6.92 Å². The molecule has 0 aliphatic carbocycles. The molecular formula is C6H9O4Zr-. The van der Waals surface area contributed by atoms with Crippen molar-refractivity contribution in [1.82, 2.24) is 0 Å². The van der Waals surface area contributed by atoms with Crippen molar-refractivity contribution in [2.75, 3.05) is 0 Å². The Labute approximate surface area is 84.0 Å². The van der Waals surface area contributed by atoms with Crippen LogP contribution in [0.4, 0.5) is 0 Å². The molecule has 0 unspecified atom stereocenters. The van der Waals surface area contributed by atoms with Gasteiger partial charge in [0.25, 0.3) is 0 Å². The molecule has 11 heavy (non-hydrogen) atoms. The van der Waals surface area contributed by atoms with Crippen LogP contribution in [0.1, 0.15) is 6.92 Å². The molecule has 0 saturated heterocycles. The van der Waals surface area contributed by atoms with E-state index >= 15 is 0 Å². The fourth-order valence-corrected chi connectivity index (χ4v) is 0. The smallest absolute Gasteiger partial charge is 0.327 e. The van der Waals surface area contributed by atoms with Crippen LogP contribution in [-0.4, -0.2) is 22.2 Å². The third-order valence-corrected chi connectivity index (χ3v) is 0.422. The molecule has 0 amide bonds. The van der Waals surface area contributed by atoms with Crippen LogP contribution in [0.5, 0.6) is 0 Å². The third-order valence-electron chi connectivity index (χ3n) is 0.422. The summed E-state index contributed by atoms with van der Waals surface area (Å²) in [5.41, 5.74) is 0. The Balaban J connectivity index is -0.000000107. The Morgan fingerprint density at radius 2 is 1.64 bits per heavy atom. The Morgan fingerprint density at radius 3 is 1.64 bits per heavy atom. The molecule has 0 heterocycles. The zero-order chi connectivity index (χ0) is 8.57. The molecule has 0 spiro atoms. The molecule has 5 heteroatoms. The monoisotopic (exact) mass is 235 g/mol. The van der Waals surface area contributed by atoms with Gasteiger partial charge in [-0.25, -0.2) is 4.79 Å². The summed E-state index contributed by atoms with van der Waals surface area (Å²) in [6.07, 6.45) is 1.92. The van der Waals surface area contributed by atoms with Crippen LogP contribution in [0, 0.1) is 6.42 Å². The first-order valence-corrected chi connectivity index (χ1v) is 2.42. The first-order chi connectivity index (χ1) is 4.54. The molecular weight excluding hydrogens is 227 g/mol. The van der Waals surface area contributed by atoms with Crippen LogP contribution in [0.25, 0.3) is 0 Å². The van der Waals surface area contributed by atoms with Gasteiger partial charge in [-0.15, -0.1) is 0 Å². The second-order valence-electron chi connectivity index (χ2n) is 1.17. The van der Waals surface area contributed by atoms with Crippen molar-refractivity contribution < 1.29 is 46.0 Å². The quantitative estimate of drug-likeness (QED) is 0.542. The fourth-order valence-electron chi connectivity index (χ4n) is 0. The third kappa shape index (κ3) is 44.2. The van der Waals surface area contributed by atoms with E-state index in [0.717, 1.165) is 12.5 Å². The average Bonchev–Trinajstić information content (AvgIpc) is 1.89. The summed E-state index contributed by atoms with van der Waals surface area (Å²) in [6.45, 7) is 4.44. The van der Waals surface area contributed by atoms with Crippen molar-refractivity contribution in [3.63, 3.8) is 0 Å². The van der Waals surface area contributed by atoms with Gasteiger partial charge >= 0.3 is 5.97 Å². The van der Waals surface area contributed by atoms with Crippen LogP contribution in [-0.2, 0) is 35.8 Å². The minimum atomic E-state index is -0.981. The van der Waals surface area contributed by atoms with Crippen molar-refractivity contribution in [3.05, 3.63) is 19.1 Å². The Bertz CT molecular complexity index is 133. The molecule has 0 aromatic heterocycles. The number of carbonyl (C=O) groups is 2. The van der Waals surface area contributed by atoms with E-state index < -0.39 is 11.9 Å². The van der Waals surface area contributed by atoms with Crippen LogP contribution in [0.3, 0.4) is 0 Å². The first kappa shape index (κ1) is 16.8. The van der Waals surface area contributed by atoms with Crippen molar-refractivity contribution in [2.24, 2.45) is 0 Å². The Hall–Kier alpha value is -0.567. The SMILES string of the molecule is C=CC(=O)O.C[CH-]C(=O)O.[Zr]. The van der Waals surface area contributed by atoms with E-state index in [1.54, 1.807) is 0 Å². The molecule has 0 aromatic carbocycles. The Kier molecular flexibility index (Phi) is 18.5. The van der Waals surface area contributed by atoms with E-state index in [2.05, 4.69) is 6.58 Å². The standard InChI is InChI=1S/C3H5O2.C3H4O2.Zr/c2*1-2-3(4)5;/h2H,1H3,(H,4,5);2H,1H2,(H,4,5);/q-1;;. The molecule has 0 rings (SSSR count). The van der Waals surface area contributed by atoms with Crippen molar-refractivity contribution in [2.45, 2.75) is 6.92 Å². The summed E-state index contributed by atoms with van der Waals surface area (Å²) in [6, 6.07) is 0. The van der Waals surface area contributed by atoms with Gasteiger partial charge in [0.1, 0.15) is 0 Å². The van der Waals surface area contributed by atoms with E-state index in [0.29, 0.717) is 0 Å². The summed E-state index contributed by atoms with van der Waals surface area (Å²) in [4.78, 5) is 18.6. The number of carboxylic acid groups (broad SMARTS) is 2. The Morgan fingerprint density at radius 1 is 1.45 bits per heavy atom. The van der Waals surface area contributed by atoms with Crippen molar-refractivity contribution in [1.29, 1.82) is 0 Å². The van der Waals surface area contributed by atoms with Crippen molar-refractivity contribution in [3.8, 4) is 0 Å². The largest absolute Gasteiger partial charge is 0.503 e. The van der Waals surface area contributed by atoms with Gasteiger partial charge in [-0.05, 0) is 0 Å². The maximum Gasteiger partial charge on any atom is 0.327 e. The topological polar surface area (TPSA) is 74.6 Å². The van der Waals surface area contributed by atoms with Gasteiger partial charge in [0.15, 0.2) is 5.97 Å². The molecule has 0 saturated carbocycles. The minimum Gasteiger partial charge on any atom is -0.503 e. The van der Waals surface area contributed by atoms with Gasteiger partial charge in [0.2, 0.25) is 0 Å². The predicted molar refractivity (Wildman–Crippen MR) is 35.4 cm³/mol. The van der Waals surface area contributed by atoms with E-state index in [-0.39, 0.29) is 26.2 Å². The molecule has 2 N–H and O–H groups in total. The number of carboxylic acids is 2. The second kappa shape index (κ2) is 12.1. The summed E-state index contributed by atoms with van der Waals surface area (Å²) < 4.78 is 0. The molecule has 0 aliphatic rings. The van der Waals surface area contributed by atoms with Gasteiger partial charge < -0.3 is 10.2 Å². The van der Waals surface area contributed by atoms with Gasteiger partial charge in [0.05, 0.1) is 0 Å². The van der Waals surface area contributed by atoms with Crippen LogP contribution < -0.4 is 0 Å². The maximum atomic E-state index is 9.31. The molecule has 0 atom stereocenters. The predicted octanol–water partition coefficient (Wildman–Crippen LogP) is 0.550. The average molecular weight is 236 g/mol. The number of hydrogen-bond donors (Lipinski definition) is 2. The molecule has 0 aromatic rings. The summed E-state index contributed by atoms with van der Waals surface area (Å²) in [7, 11) is 0. The van der Waals surface area contributed by atoms with Gasteiger partial charge in [-0.2, -0.15) is 6.92 Å². The first-order valence-electron chi connectivity index (χ1n) is 2.42. The van der Waals surface area contributed by atoms with Crippen LogP contribution >= 0.6 is 0 Å². The molecule has 0 radical (unpaired) electrons. The van der Waals surface area contributed by atoms with Crippen LogP contribution in [0.15, 0.2) is 12.7 Å².